The van der Waals surface area contributed by atoms with Crippen LogP contribution in [0.15, 0.2) is 53.6 Å². The van der Waals surface area contributed by atoms with Crippen LogP contribution in [0.3, 0.4) is 0 Å². The zero-order valence-corrected chi connectivity index (χ0v) is 16.3. The van der Waals surface area contributed by atoms with Crippen LogP contribution in [0.2, 0.25) is 0 Å². The summed E-state index contributed by atoms with van der Waals surface area (Å²) in [5.74, 6) is 0.873. The zero-order valence-electron chi connectivity index (χ0n) is 15.5. The fourth-order valence-corrected chi connectivity index (χ4v) is 4.29. The van der Waals surface area contributed by atoms with Gasteiger partial charge in [0.25, 0.3) is 0 Å². The fraction of sp³-hybridized carbons (Fsp3) is 0.250. The second-order valence-corrected chi connectivity index (χ2v) is 7.85. The normalized spacial score (nSPS) is 11.5. The molecule has 0 saturated carbocycles. The molecule has 27 heavy (non-hydrogen) atoms. The second kappa shape index (κ2) is 7.94. The molecular formula is C20H22N2O4S. The summed E-state index contributed by atoms with van der Waals surface area (Å²) in [6.45, 7) is 2.00. The van der Waals surface area contributed by atoms with Crippen LogP contribution < -0.4 is 14.2 Å². The molecule has 0 saturated heterocycles. The van der Waals surface area contributed by atoms with Gasteiger partial charge in [0.1, 0.15) is 0 Å². The number of benzene rings is 2. The molecule has 0 fully saturated rings. The van der Waals surface area contributed by atoms with Crippen molar-refractivity contribution in [3.05, 3.63) is 59.8 Å². The Kier molecular flexibility index (Phi) is 5.62. The third kappa shape index (κ3) is 4.04. The van der Waals surface area contributed by atoms with Crippen molar-refractivity contribution >= 4 is 20.9 Å². The molecule has 0 spiro atoms. The molecule has 0 bridgehead atoms. The monoisotopic (exact) mass is 386 g/mol. The van der Waals surface area contributed by atoms with Crippen LogP contribution in [0.5, 0.6) is 11.5 Å². The molecule has 2 aromatic carbocycles. The lowest BCUT2D eigenvalue weighted by molar-refractivity contribution is 0.353. The van der Waals surface area contributed by atoms with Gasteiger partial charge in [-0.2, -0.15) is 0 Å². The lowest BCUT2D eigenvalue weighted by atomic mass is 10.1. The highest BCUT2D eigenvalue weighted by molar-refractivity contribution is 7.89. The van der Waals surface area contributed by atoms with E-state index in [9.17, 15) is 8.42 Å². The Morgan fingerprint density at radius 2 is 1.74 bits per heavy atom. The Bertz CT molecular complexity index is 1060. The molecular weight excluding hydrogens is 364 g/mol. The van der Waals surface area contributed by atoms with Crippen LogP contribution in [0, 0.1) is 6.92 Å². The van der Waals surface area contributed by atoms with E-state index >= 15 is 0 Å². The number of methoxy groups -OCH3 is 2. The number of ether oxygens (including phenoxy) is 2. The summed E-state index contributed by atoms with van der Waals surface area (Å²) < 4.78 is 38.6. The average molecular weight is 386 g/mol. The minimum absolute atomic E-state index is 0.177. The minimum atomic E-state index is -3.68. The molecule has 1 N–H and O–H groups in total. The molecule has 3 aromatic rings. The molecule has 1 heterocycles. The molecule has 0 amide bonds. The highest BCUT2D eigenvalue weighted by atomic mass is 32.2. The van der Waals surface area contributed by atoms with Crippen LogP contribution in [-0.4, -0.2) is 34.2 Å². The van der Waals surface area contributed by atoms with Crippen molar-refractivity contribution in [1.29, 1.82) is 0 Å². The first kappa shape index (κ1) is 19.1. The van der Waals surface area contributed by atoms with Gasteiger partial charge in [-0.1, -0.05) is 24.3 Å². The number of hydrogen-bond donors (Lipinski definition) is 1. The summed E-state index contributed by atoms with van der Waals surface area (Å²) in [5.41, 5.74) is 2.48. The third-order valence-corrected chi connectivity index (χ3v) is 5.98. The van der Waals surface area contributed by atoms with Gasteiger partial charge in [0.05, 0.1) is 24.6 Å². The van der Waals surface area contributed by atoms with Crippen molar-refractivity contribution in [2.75, 3.05) is 20.8 Å². The summed E-state index contributed by atoms with van der Waals surface area (Å²) >= 11 is 0. The molecule has 7 heteroatoms. The van der Waals surface area contributed by atoms with Gasteiger partial charge in [-0.25, -0.2) is 13.1 Å². The summed E-state index contributed by atoms with van der Waals surface area (Å²) in [6, 6.07) is 12.9. The molecule has 0 aliphatic carbocycles. The van der Waals surface area contributed by atoms with Crippen LogP contribution in [0.4, 0.5) is 0 Å². The number of para-hydroxylation sites is 1. The van der Waals surface area contributed by atoms with Crippen molar-refractivity contribution in [3.63, 3.8) is 0 Å². The lowest BCUT2D eigenvalue weighted by Gasteiger charge is -2.14. The first-order chi connectivity index (χ1) is 13.0. The van der Waals surface area contributed by atoms with E-state index in [2.05, 4.69) is 9.71 Å². The van der Waals surface area contributed by atoms with E-state index in [1.165, 1.54) is 20.3 Å². The van der Waals surface area contributed by atoms with Gasteiger partial charge in [-0.3, -0.25) is 4.98 Å². The topological polar surface area (TPSA) is 77.5 Å². The Balaban J connectivity index is 1.79. The molecule has 0 aliphatic rings. The number of sulfonamides is 1. The van der Waals surface area contributed by atoms with Crippen molar-refractivity contribution < 1.29 is 17.9 Å². The average Bonchev–Trinajstić information content (AvgIpc) is 2.67. The summed E-state index contributed by atoms with van der Waals surface area (Å²) in [6.07, 6.45) is 2.28. The van der Waals surface area contributed by atoms with E-state index in [0.717, 1.165) is 16.5 Å². The Hall–Kier alpha value is -2.64. The smallest absolute Gasteiger partial charge is 0.240 e. The van der Waals surface area contributed by atoms with Gasteiger partial charge in [0.2, 0.25) is 10.0 Å². The number of aryl methyl sites for hydroxylation is 1. The van der Waals surface area contributed by atoms with E-state index in [4.69, 9.17) is 9.47 Å². The van der Waals surface area contributed by atoms with Crippen molar-refractivity contribution in [3.8, 4) is 11.5 Å². The molecule has 142 valence electrons. The highest BCUT2D eigenvalue weighted by Gasteiger charge is 2.20. The largest absolute Gasteiger partial charge is 0.493 e. The van der Waals surface area contributed by atoms with Gasteiger partial charge in [0.15, 0.2) is 11.5 Å². The molecule has 0 atom stereocenters. The first-order valence-electron chi connectivity index (χ1n) is 8.51. The van der Waals surface area contributed by atoms with E-state index in [0.29, 0.717) is 23.5 Å². The molecule has 0 aliphatic heterocycles. The molecule has 0 radical (unpaired) electrons. The number of pyridine rings is 1. The molecule has 0 unspecified atom stereocenters. The number of rotatable bonds is 7. The Morgan fingerprint density at radius 1 is 1.04 bits per heavy atom. The quantitative estimate of drug-likeness (QED) is 0.675. The van der Waals surface area contributed by atoms with Crippen LogP contribution >= 0.6 is 0 Å². The van der Waals surface area contributed by atoms with E-state index in [1.54, 1.807) is 19.2 Å². The number of fused-ring (bicyclic) bond motifs is 1. The highest BCUT2D eigenvalue weighted by Crippen LogP contribution is 2.32. The van der Waals surface area contributed by atoms with Crippen molar-refractivity contribution in [2.24, 2.45) is 0 Å². The second-order valence-electron chi connectivity index (χ2n) is 6.11. The van der Waals surface area contributed by atoms with Gasteiger partial charge in [0, 0.05) is 24.2 Å². The maximum Gasteiger partial charge on any atom is 0.240 e. The maximum atomic E-state index is 12.8. The summed E-state index contributed by atoms with van der Waals surface area (Å²) in [4.78, 5) is 4.58. The molecule has 3 rings (SSSR count). The van der Waals surface area contributed by atoms with Crippen LogP contribution in [0.1, 0.15) is 11.1 Å². The van der Waals surface area contributed by atoms with Gasteiger partial charge in [-0.05, 0) is 36.6 Å². The predicted octanol–water partition coefficient (Wildman–Crippen LogP) is 3.08. The van der Waals surface area contributed by atoms with Gasteiger partial charge >= 0.3 is 0 Å². The van der Waals surface area contributed by atoms with Crippen molar-refractivity contribution in [1.82, 2.24) is 9.71 Å². The number of nitrogens with zero attached hydrogens (tertiary/aromatic N) is 1. The predicted molar refractivity (Wildman–Crippen MR) is 105 cm³/mol. The fourth-order valence-electron chi connectivity index (χ4n) is 3.02. The first-order valence-corrected chi connectivity index (χ1v) is 9.99. The summed E-state index contributed by atoms with van der Waals surface area (Å²) in [7, 11) is -0.685. The number of nitrogens with one attached hydrogen (secondary N) is 1. The van der Waals surface area contributed by atoms with E-state index in [1.807, 2.05) is 30.3 Å². The van der Waals surface area contributed by atoms with E-state index in [-0.39, 0.29) is 11.4 Å². The zero-order chi connectivity index (χ0) is 19.4. The van der Waals surface area contributed by atoms with Crippen LogP contribution in [-0.2, 0) is 16.4 Å². The minimum Gasteiger partial charge on any atom is -0.493 e. The third-order valence-electron chi connectivity index (χ3n) is 4.37. The van der Waals surface area contributed by atoms with Gasteiger partial charge < -0.3 is 9.47 Å². The van der Waals surface area contributed by atoms with Crippen LogP contribution in [0.25, 0.3) is 10.9 Å². The lowest BCUT2D eigenvalue weighted by Crippen LogP contribution is -2.26. The SMILES string of the molecule is COc1cc(C)c(S(=O)(=O)NCCc2cccc3cccnc23)cc1OC. The number of hydrogen-bond acceptors (Lipinski definition) is 5. The van der Waals surface area contributed by atoms with Gasteiger partial charge in [-0.15, -0.1) is 0 Å². The molecule has 1 aromatic heterocycles. The van der Waals surface area contributed by atoms with E-state index < -0.39 is 10.0 Å². The maximum absolute atomic E-state index is 12.8. The summed E-state index contributed by atoms with van der Waals surface area (Å²) in [5, 5.41) is 1.04. The molecule has 6 nitrogen and oxygen atoms in total. The Morgan fingerprint density at radius 3 is 2.48 bits per heavy atom. The Labute approximate surface area is 159 Å². The number of aromatic nitrogens is 1. The standard InChI is InChI=1S/C20H22N2O4S/c1-14-12-17(25-2)18(26-3)13-19(14)27(23,24)22-11-9-16-7-4-6-15-8-5-10-21-20(15)16/h4-8,10,12-13,22H,9,11H2,1-3H3. The van der Waals surface area contributed by atoms with Crippen molar-refractivity contribution in [2.45, 2.75) is 18.2 Å².